The molecule has 1 heterocycles. The van der Waals surface area contributed by atoms with Gasteiger partial charge in [-0.05, 0) is 30.0 Å². The molecule has 26 heavy (non-hydrogen) atoms. The summed E-state index contributed by atoms with van der Waals surface area (Å²) in [5.74, 6) is -0.221. The molecule has 0 fully saturated rings. The highest BCUT2D eigenvalue weighted by molar-refractivity contribution is 6.09. The number of Topliss-reactive ketones (excluding diaryl/α,β-unsaturated/α-hetero) is 1. The number of carbonyl (C=O) groups excluding carboxylic acids is 2. The third-order valence-corrected chi connectivity index (χ3v) is 4.61. The average molecular weight is 359 g/mol. The van der Waals surface area contributed by atoms with Crippen LogP contribution in [0.5, 0.6) is 5.75 Å². The van der Waals surface area contributed by atoms with Gasteiger partial charge < -0.3 is 14.7 Å². The summed E-state index contributed by atoms with van der Waals surface area (Å²) in [7, 11) is 1.58. The number of ketones is 1. The number of aliphatic hydroxyl groups is 1. The van der Waals surface area contributed by atoms with Gasteiger partial charge in [0.2, 0.25) is 0 Å². The first kappa shape index (κ1) is 20.0. The van der Waals surface area contributed by atoms with Crippen LogP contribution in [0.4, 0.5) is 0 Å². The van der Waals surface area contributed by atoms with Crippen molar-refractivity contribution in [3.05, 3.63) is 41.2 Å². The number of unbranched alkanes of at least 4 members (excludes halogenated alkanes) is 2. The Morgan fingerprint density at radius 3 is 2.65 bits per heavy atom. The van der Waals surface area contributed by atoms with Gasteiger partial charge in [-0.2, -0.15) is 0 Å². The highest BCUT2D eigenvalue weighted by Crippen LogP contribution is 2.39. The number of nitrogens with zero attached hydrogens (tertiary/aromatic N) is 1. The molecule has 1 amide bonds. The number of hydrogen-bond acceptors (Lipinski definition) is 4. The van der Waals surface area contributed by atoms with Crippen LogP contribution in [0, 0.1) is 5.92 Å². The van der Waals surface area contributed by atoms with E-state index in [1.165, 1.54) is 0 Å². The van der Waals surface area contributed by atoms with Crippen molar-refractivity contribution in [2.45, 2.75) is 52.5 Å². The molecule has 0 saturated heterocycles. The monoisotopic (exact) mass is 359 g/mol. The topological polar surface area (TPSA) is 66.8 Å². The Bertz CT molecular complexity index is 693. The van der Waals surface area contributed by atoms with E-state index in [4.69, 9.17) is 4.74 Å². The van der Waals surface area contributed by atoms with E-state index in [2.05, 4.69) is 6.92 Å². The molecule has 5 heteroatoms. The Morgan fingerprint density at radius 1 is 1.31 bits per heavy atom. The smallest absolute Gasteiger partial charge is 0.290 e. The minimum Gasteiger partial charge on any atom is -0.503 e. The molecule has 0 aliphatic carbocycles. The molecule has 1 aliphatic rings. The van der Waals surface area contributed by atoms with Gasteiger partial charge in [-0.25, -0.2) is 0 Å². The van der Waals surface area contributed by atoms with Crippen LogP contribution in [-0.2, 0) is 9.59 Å². The lowest BCUT2D eigenvalue weighted by molar-refractivity contribution is -0.129. The van der Waals surface area contributed by atoms with E-state index in [1.807, 2.05) is 38.1 Å². The van der Waals surface area contributed by atoms with Crippen molar-refractivity contribution in [2.24, 2.45) is 5.92 Å². The van der Waals surface area contributed by atoms with Crippen molar-refractivity contribution in [3.8, 4) is 5.75 Å². The summed E-state index contributed by atoms with van der Waals surface area (Å²) in [4.78, 5) is 27.1. The standard InChI is InChI=1S/C21H29NO4/c1-5-6-7-11-22-19(15-9-8-10-16(13-15)26-4)18(20(24)21(22)25)17(23)12-14(2)3/h8-10,13-14,19,24H,5-7,11-12H2,1-4H3. The first-order valence-electron chi connectivity index (χ1n) is 9.31. The highest BCUT2D eigenvalue weighted by Gasteiger charge is 2.43. The van der Waals surface area contributed by atoms with Gasteiger partial charge >= 0.3 is 0 Å². The van der Waals surface area contributed by atoms with Crippen LogP contribution in [0.2, 0.25) is 0 Å². The van der Waals surface area contributed by atoms with E-state index in [-0.39, 0.29) is 17.3 Å². The quantitative estimate of drug-likeness (QED) is 0.671. The fourth-order valence-corrected chi connectivity index (χ4v) is 3.34. The van der Waals surface area contributed by atoms with Crippen LogP contribution in [-0.4, -0.2) is 35.4 Å². The maximum atomic E-state index is 12.8. The molecule has 1 atom stereocenters. The van der Waals surface area contributed by atoms with Gasteiger partial charge in [0, 0.05) is 13.0 Å². The van der Waals surface area contributed by atoms with Crippen LogP contribution in [0.15, 0.2) is 35.6 Å². The second kappa shape index (κ2) is 8.88. The van der Waals surface area contributed by atoms with Crippen LogP contribution in [0.25, 0.3) is 0 Å². The first-order valence-corrected chi connectivity index (χ1v) is 9.31. The lowest BCUT2D eigenvalue weighted by atomic mass is 9.92. The molecular formula is C21H29NO4. The van der Waals surface area contributed by atoms with E-state index in [0.29, 0.717) is 18.7 Å². The lowest BCUT2D eigenvalue weighted by Crippen LogP contribution is -2.32. The van der Waals surface area contributed by atoms with Gasteiger partial charge in [-0.1, -0.05) is 45.7 Å². The molecule has 0 aromatic heterocycles. The zero-order valence-corrected chi connectivity index (χ0v) is 16.1. The molecule has 0 radical (unpaired) electrons. The Morgan fingerprint density at radius 2 is 2.04 bits per heavy atom. The first-order chi connectivity index (χ1) is 12.4. The van der Waals surface area contributed by atoms with Gasteiger partial charge in [0.25, 0.3) is 5.91 Å². The summed E-state index contributed by atoms with van der Waals surface area (Å²) >= 11 is 0. The Balaban J connectivity index is 2.44. The summed E-state index contributed by atoms with van der Waals surface area (Å²) in [5.41, 5.74) is 0.999. The highest BCUT2D eigenvalue weighted by atomic mass is 16.5. The van der Waals surface area contributed by atoms with Gasteiger partial charge in [0.1, 0.15) is 5.75 Å². The predicted octanol–water partition coefficient (Wildman–Crippen LogP) is 4.20. The molecule has 1 N–H and O–H groups in total. The molecule has 1 aromatic carbocycles. The van der Waals surface area contributed by atoms with E-state index < -0.39 is 17.7 Å². The second-order valence-corrected chi connectivity index (χ2v) is 7.17. The fourth-order valence-electron chi connectivity index (χ4n) is 3.34. The minimum atomic E-state index is -0.555. The maximum absolute atomic E-state index is 12.8. The number of methoxy groups -OCH3 is 1. The van der Waals surface area contributed by atoms with Crippen LogP contribution in [0.3, 0.4) is 0 Å². The van der Waals surface area contributed by atoms with Crippen molar-refractivity contribution >= 4 is 11.7 Å². The molecule has 5 nitrogen and oxygen atoms in total. The van der Waals surface area contributed by atoms with Crippen molar-refractivity contribution in [2.75, 3.05) is 13.7 Å². The number of benzene rings is 1. The normalized spacial score (nSPS) is 17.3. The molecular weight excluding hydrogens is 330 g/mol. The van der Waals surface area contributed by atoms with E-state index in [1.54, 1.807) is 12.0 Å². The van der Waals surface area contributed by atoms with Gasteiger partial charge in [0.05, 0.1) is 18.7 Å². The van der Waals surface area contributed by atoms with Crippen molar-refractivity contribution in [1.82, 2.24) is 4.90 Å². The number of ether oxygens (including phenoxy) is 1. The average Bonchev–Trinajstić information content (AvgIpc) is 2.86. The molecule has 0 spiro atoms. The molecule has 1 aromatic rings. The SMILES string of the molecule is CCCCCN1C(=O)C(O)=C(C(=O)CC(C)C)C1c1cccc(OC)c1. The Hall–Kier alpha value is -2.30. The van der Waals surface area contributed by atoms with Gasteiger partial charge in [-0.3, -0.25) is 9.59 Å². The van der Waals surface area contributed by atoms with Crippen LogP contribution < -0.4 is 4.74 Å². The molecule has 142 valence electrons. The van der Waals surface area contributed by atoms with Gasteiger partial charge in [-0.15, -0.1) is 0 Å². The fraction of sp³-hybridized carbons (Fsp3) is 0.524. The Labute approximate surface area is 155 Å². The largest absolute Gasteiger partial charge is 0.503 e. The third-order valence-electron chi connectivity index (χ3n) is 4.61. The predicted molar refractivity (Wildman–Crippen MR) is 101 cm³/mol. The summed E-state index contributed by atoms with van der Waals surface area (Å²) in [6, 6.07) is 6.80. The van der Waals surface area contributed by atoms with Crippen LogP contribution >= 0.6 is 0 Å². The van der Waals surface area contributed by atoms with Crippen molar-refractivity contribution < 1.29 is 19.4 Å². The molecule has 2 rings (SSSR count). The van der Waals surface area contributed by atoms with E-state index >= 15 is 0 Å². The maximum Gasteiger partial charge on any atom is 0.290 e. The third kappa shape index (κ3) is 4.26. The van der Waals surface area contributed by atoms with Crippen molar-refractivity contribution in [1.29, 1.82) is 0 Å². The number of amides is 1. The Kier molecular flexibility index (Phi) is 6.83. The molecule has 0 saturated carbocycles. The van der Waals surface area contributed by atoms with Crippen molar-refractivity contribution in [3.63, 3.8) is 0 Å². The minimum absolute atomic E-state index is 0.151. The van der Waals surface area contributed by atoms with Gasteiger partial charge in [0.15, 0.2) is 11.5 Å². The van der Waals surface area contributed by atoms with Crippen LogP contribution in [0.1, 0.15) is 58.1 Å². The summed E-state index contributed by atoms with van der Waals surface area (Å²) < 4.78 is 5.30. The second-order valence-electron chi connectivity index (χ2n) is 7.17. The molecule has 0 bridgehead atoms. The molecule has 1 unspecified atom stereocenters. The zero-order chi connectivity index (χ0) is 19.3. The van der Waals surface area contributed by atoms with E-state index in [9.17, 15) is 14.7 Å². The lowest BCUT2D eigenvalue weighted by Gasteiger charge is -2.27. The summed E-state index contributed by atoms with van der Waals surface area (Å²) in [6.07, 6.45) is 3.16. The summed E-state index contributed by atoms with van der Waals surface area (Å²) in [6.45, 7) is 6.51. The number of aliphatic hydroxyl groups excluding tert-OH is 1. The number of hydrogen-bond donors (Lipinski definition) is 1. The number of carbonyl (C=O) groups is 2. The number of rotatable bonds is 9. The summed E-state index contributed by atoms with van der Waals surface area (Å²) in [5, 5.41) is 10.5. The zero-order valence-electron chi connectivity index (χ0n) is 16.1. The van der Waals surface area contributed by atoms with E-state index in [0.717, 1.165) is 24.8 Å². The molecule has 1 aliphatic heterocycles.